The van der Waals surface area contributed by atoms with Crippen LogP contribution in [0.15, 0.2) is 24.3 Å². The fourth-order valence-electron chi connectivity index (χ4n) is 2.15. The van der Waals surface area contributed by atoms with Crippen molar-refractivity contribution in [3.8, 4) is 0 Å². The molecule has 1 rings (SSSR count). The van der Waals surface area contributed by atoms with Crippen molar-refractivity contribution in [1.82, 2.24) is 0 Å². The monoisotopic (exact) mass is 426 g/mol. The van der Waals surface area contributed by atoms with Crippen molar-refractivity contribution < 1.29 is 46.1 Å². The van der Waals surface area contributed by atoms with Gasteiger partial charge in [0, 0.05) is 27.3 Å². The average molecular weight is 426 g/mol. The van der Waals surface area contributed by atoms with Gasteiger partial charge in [-0.25, -0.2) is 9.13 Å². The van der Waals surface area contributed by atoms with E-state index in [0.717, 1.165) is 21.3 Å². The summed E-state index contributed by atoms with van der Waals surface area (Å²) in [4.78, 5) is 9.38. The second kappa shape index (κ2) is 11.6. The van der Waals surface area contributed by atoms with Gasteiger partial charge in [-0.05, 0) is 6.92 Å². The lowest BCUT2D eigenvalue weighted by Gasteiger charge is -2.26. The maximum absolute atomic E-state index is 12.4. The zero-order valence-electron chi connectivity index (χ0n) is 15.6. The molecular formula is C14H25BO10P2. The summed E-state index contributed by atoms with van der Waals surface area (Å²) in [5.41, 5.74) is 0. The van der Waals surface area contributed by atoms with Gasteiger partial charge < -0.3 is 14.4 Å². The molecule has 1 heterocycles. The Balaban J connectivity index is 2.91. The maximum atomic E-state index is 12.4. The minimum absolute atomic E-state index is 0.167. The first kappa shape index (κ1) is 24.7. The zero-order chi connectivity index (χ0) is 20.5. The SMILES string of the molecule is [B][C@@H]1O[C@H](COP(=O)(O)OC)[C@H](OP(=O)(OC)OC)C1OC/C=C/C=C/C. The van der Waals surface area contributed by atoms with Crippen LogP contribution in [0.4, 0.5) is 0 Å². The maximum Gasteiger partial charge on any atom is 0.474 e. The lowest BCUT2D eigenvalue weighted by Crippen LogP contribution is -2.38. The number of rotatable bonds is 12. The molecule has 0 saturated carbocycles. The van der Waals surface area contributed by atoms with E-state index in [1.165, 1.54) is 0 Å². The first-order chi connectivity index (χ1) is 12.7. The van der Waals surface area contributed by atoms with Crippen molar-refractivity contribution in [3.63, 3.8) is 0 Å². The third kappa shape index (κ3) is 7.91. The van der Waals surface area contributed by atoms with E-state index < -0.39 is 46.6 Å². The van der Waals surface area contributed by atoms with Gasteiger partial charge in [0.25, 0.3) is 0 Å². The molecule has 0 aromatic heterocycles. The topological polar surface area (TPSA) is 119 Å². The minimum atomic E-state index is -4.26. The summed E-state index contributed by atoms with van der Waals surface area (Å²) in [6.45, 7) is 1.61. The molecule has 0 spiro atoms. The molecule has 1 aliphatic heterocycles. The van der Waals surface area contributed by atoms with E-state index in [2.05, 4.69) is 4.52 Å². The molecule has 0 aromatic carbocycles. The van der Waals surface area contributed by atoms with E-state index in [1.54, 1.807) is 12.2 Å². The highest BCUT2D eigenvalue weighted by molar-refractivity contribution is 7.48. The molecule has 1 aliphatic rings. The lowest BCUT2D eigenvalue weighted by atomic mass is 9.93. The summed E-state index contributed by atoms with van der Waals surface area (Å²) in [5.74, 6) is 0. The van der Waals surface area contributed by atoms with Crippen LogP contribution in [0.2, 0.25) is 0 Å². The van der Waals surface area contributed by atoms with Gasteiger partial charge in [-0.1, -0.05) is 24.3 Å². The molecule has 1 saturated heterocycles. The molecular weight excluding hydrogens is 401 g/mol. The van der Waals surface area contributed by atoms with Crippen LogP contribution in [0.5, 0.6) is 0 Å². The highest BCUT2D eigenvalue weighted by Gasteiger charge is 2.48. The van der Waals surface area contributed by atoms with Crippen molar-refractivity contribution in [3.05, 3.63) is 24.3 Å². The normalized spacial score (nSPS) is 28.9. The van der Waals surface area contributed by atoms with Gasteiger partial charge >= 0.3 is 15.6 Å². The van der Waals surface area contributed by atoms with Gasteiger partial charge in [0.15, 0.2) is 0 Å². The van der Waals surface area contributed by atoms with Gasteiger partial charge in [0.2, 0.25) is 0 Å². The second-order valence-electron chi connectivity index (χ2n) is 5.22. The van der Waals surface area contributed by atoms with Crippen molar-refractivity contribution in [1.29, 1.82) is 0 Å². The largest absolute Gasteiger partial charge is 0.474 e. The Morgan fingerprint density at radius 1 is 1.11 bits per heavy atom. The van der Waals surface area contributed by atoms with Crippen LogP contribution >= 0.6 is 15.6 Å². The fourth-order valence-corrected chi connectivity index (χ4v) is 3.46. The number of phosphoric acid groups is 2. The predicted molar refractivity (Wildman–Crippen MR) is 97.4 cm³/mol. The summed E-state index contributed by atoms with van der Waals surface area (Å²) in [6, 6.07) is -0.971. The van der Waals surface area contributed by atoms with Crippen LogP contribution in [0, 0.1) is 0 Å². The van der Waals surface area contributed by atoms with Gasteiger partial charge in [-0.15, -0.1) is 0 Å². The van der Waals surface area contributed by atoms with E-state index in [4.69, 9.17) is 35.4 Å². The van der Waals surface area contributed by atoms with Crippen LogP contribution in [0.1, 0.15) is 6.92 Å². The van der Waals surface area contributed by atoms with Crippen molar-refractivity contribution in [2.75, 3.05) is 34.5 Å². The highest BCUT2D eigenvalue weighted by atomic mass is 31.2. The zero-order valence-corrected chi connectivity index (χ0v) is 17.4. The standard InChI is InChI=1S/C14H25BO10P2/c1-5-6-7-8-9-22-13-12(25-27(18,20-3)21-4)11(24-14(13)15)10-23-26(16,17)19-2/h5-8,11-14H,9-10H2,1-4H3,(H,16,17)/b6-5+,8-7+/t11-,12+,13?,14-/m1/s1. The number of hydrogen-bond acceptors (Lipinski definition) is 9. The number of hydrogen-bond donors (Lipinski definition) is 1. The van der Waals surface area contributed by atoms with E-state index in [1.807, 2.05) is 19.1 Å². The summed E-state index contributed by atoms with van der Waals surface area (Å²) in [7, 11) is 1.06. The quantitative estimate of drug-likeness (QED) is 0.282. The van der Waals surface area contributed by atoms with E-state index in [0.29, 0.717) is 0 Å². The Hall–Kier alpha value is -0.315. The average Bonchev–Trinajstić information content (AvgIpc) is 2.94. The number of phosphoric ester groups is 2. The highest BCUT2D eigenvalue weighted by Crippen LogP contribution is 2.51. The molecule has 2 unspecified atom stereocenters. The molecule has 1 N–H and O–H groups in total. The van der Waals surface area contributed by atoms with Crippen molar-refractivity contribution in [2.45, 2.75) is 31.2 Å². The van der Waals surface area contributed by atoms with Crippen molar-refractivity contribution in [2.24, 2.45) is 0 Å². The number of ether oxygens (including phenoxy) is 2. The summed E-state index contributed by atoms with van der Waals surface area (Å²) < 4.78 is 59.1. The van der Waals surface area contributed by atoms with Crippen LogP contribution < -0.4 is 0 Å². The van der Waals surface area contributed by atoms with Crippen LogP contribution in [0.25, 0.3) is 0 Å². The summed E-state index contributed by atoms with van der Waals surface area (Å²) in [6.07, 6.45) is 4.24. The van der Waals surface area contributed by atoms with Gasteiger partial charge in [0.1, 0.15) is 26.2 Å². The molecule has 154 valence electrons. The molecule has 1 fully saturated rings. The minimum Gasteiger partial charge on any atom is -0.377 e. The molecule has 0 amide bonds. The Kier molecular flexibility index (Phi) is 10.6. The molecule has 5 atom stereocenters. The third-order valence-electron chi connectivity index (χ3n) is 3.50. The summed E-state index contributed by atoms with van der Waals surface area (Å²) in [5, 5.41) is 0. The molecule has 2 radical (unpaired) electrons. The first-order valence-electron chi connectivity index (χ1n) is 7.95. The van der Waals surface area contributed by atoms with Gasteiger partial charge in [-0.3, -0.25) is 22.6 Å². The Bertz CT molecular complexity index is 590. The molecule has 0 aromatic rings. The van der Waals surface area contributed by atoms with E-state index in [-0.39, 0.29) is 6.61 Å². The first-order valence-corrected chi connectivity index (χ1v) is 10.9. The Morgan fingerprint density at radius 3 is 2.33 bits per heavy atom. The van der Waals surface area contributed by atoms with Crippen LogP contribution in [0.3, 0.4) is 0 Å². The number of allylic oxidation sites excluding steroid dienone is 3. The molecule has 0 aliphatic carbocycles. The van der Waals surface area contributed by atoms with Crippen LogP contribution in [-0.2, 0) is 41.2 Å². The lowest BCUT2D eigenvalue weighted by molar-refractivity contribution is -0.0252. The Labute approximate surface area is 160 Å². The third-order valence-corrected chi connectivity index (χ3v) is 5.83. The van der Waals surface area contributed by atoms with Crippen LogP contribution in [-0.4, -0.2) is 71.6 Å². The van der Waals surface area contributed by atoms with E-state index >= 15 is 0 Å². The fraction of sp³-hybridized carbons (Fsp3) is 0.714. The summed E-state index contributed by atoms with van der Waals surface area (Å²) >= 11 is 0. The molecule has 13 heteroatoms. The predicted octanol–water partition coefficient (Wildman–Crippen LogP) is 1.95. The van der Waals surface area contributed by atoms with Crippen molar-refractivity contribution >= 4 is 23.5 Å². The molecule has 10 nitrogen and oxygen atoms in total. The second-order valence-corrected chi connectivity index (χ2v) is 8.62. The Morgan fingerprint density at radius 2 is 1.78 bits per heavy atom. The van der Waals surface area contributed by atoms with Gasteiger partial charge in [-0.2, -0.15) is 0 Å². The van der Waals surface area contributed by atoms with Gasteiger partial charge in [0.05, 0.1) is 13.2 Å². The molecule has 0 bridgehead atoms. The molecule has 27 heavy (non-hydrogen) atoms. The van der Waals surface area contributed by atoms with E-state index in [9.17, 15) is 14.0 Å². The smallest absolute Gasteiger partial charge is 0.377 e.